The van der Waals surface area contributed by atoms with E-state index in [0.29, 0.717) is 6.42 Å². The molecule has 0 radical (unpaired) electrons. The van der Waals surface area contributed by atoms with Crippen LogP contribution in [0.15, 0.2) is 18.2 Å². The number of carbonyl (C=O) groups is 1. The zero-order valence-corrected chi connectivity index (χ0v) is 9.75. The van der Waals surface area contributed by atoms with Crippen molar-refractivity contribution in [2.75, 3.05) is 0 Å². The van der Waals surface area contributed by atoms with Gasteiger partial charge in [-0.15, -0.1) is 0 Å². The fourth-order valence-electron chi connectivity index (χ4n) is 1.96. The number of aryl methyl sites for hydroxylation is 1. The Kier molecular flexibility index (Phi) is 2.88. The predicted molar refractivity (Wildman–Crippen MR) is 63.5 cm³/mol. The van der Waals surface area contributed by atoms with Crippen LogP contribution in [0.2, 0.25) is 0 Å². The van der Waals surface area contributed by atoms with Crippen LogP contribution < -0.4 is 0 Å². The van der Waals surface area contributed by atoms with Gasteiger partial charge in [-0.25, -0.2) is 4.39 Å². The van der Waals surface area contributed by atoms with Crippen molar-refractivity contribution in [3.05, 3.63) is 35.3 Å². The third kappa shape index (κ3) is 2.16. The molecule has 4 heteroatoms. The van der Waals surface area contributed by atoms with E-state index >= 15 is 0 Å². The first-order valence-electron chi connectivity index (χ1n) is 5.48. The van der Waals surface area contributed by atoms with E-state index in [2.05, 4.69) is 4.98 Å². The van der Waals surface area contributed by atoms with Crippen molar-refractivity contribution >= 4 is 16.9 Å². The number of H-pyrrole nitrogens is 1. The summed E-state index contributed by atoms with van der Waals surface area (Å²) in [5.41, 5.74) is 2.57. The highest BCUT2D eigenvalue weighted by molar-refractivity contribution is 5.84. The van der Waals surface area contributed by atoms with Crippen LogP contribution in [0.25, 0.3) is 10.9 Å². The number of hydrogen-bond donors (Lipinski definition) is 2. The number of benzene rings is 1. The van der Waals surface area contributed by atoms with Gasteiger partial charge in [-0.1, -0.05) is 6.92 Å². The van der Waals surface area contributed by atoms with Gasteiger partial charge in [0.25, 0.3) is 0 Å². The maximum absolute atomic E-state index is 13.1. The molecule has 3 nitrogen and oxygen atoms in total. The van der Waals surface area contributed by atoms with Gasteiger partial charge in [0.1, 0.15) is 5.82 Å². The highest BCUT2D eigenvalue weighted by Crippen LogP contribution is 2.24. The number of rotatable bonds is 3. The highest BCUT2D eigenvalue weighted by Gasteiger charge is 2.15. The predicted octanol–water partition coefficient (Wildman–Crippen LogP) is 2.88. The number of fused-ring (bicyclic) bond motifs is 1. The third-order valence-electron chi connectivity index (χ3n) is 3.06. The summed E-state index contributed by atoms with van der Waals surface area (Å²) in [6, 6.07) is 4.55. The Balaban J connectivity index is 2.42. The van der Waals surface area contributed by atoms with Crippen LogP contribution in [-0.2, 0) is 11.2 Å². The van der Waals surface area contributed by atoms with Crippen molar-refractivity contribution in [2.45, 2.75) is 20.3 Å². The first kappa shape index (κ1) is 11.6. The molecule has 0 bridgehead atoms. The first-order chi connectivity index (χ1) is 7.99. The molecule has 0 aliphatic heterocycles. The van der Waals surface area contributed by atoms with E-state index in [4.69, 9.17) is 5.11 Å². The summed E-state index contributed by atoms with van der Waals surface area (Å²) in [4.78, 5) is 13.9. The van der Waals surface area contributed by atoms with Crippen LogP contribution in [0.5, 0.6) is 0 Å². The van der Waals surface area contributed by atoms with Crippen molar-refractivity contribution in [1.82, 2.24) is 4.98 Å². The van der Waals surface area contributed by atoms with Crippen molar-refractivity contribution in [3.8, 4) is 0 Å². The molecule has 2 aromatic rings. The second kappa shape index (κ2) is 4.20. The number of carboxylic acid groups (broad SMARTS) is 1. The van der Waals surface area contributed by atoms with Gasteiger partial charge in [0.05, 0.1) is 5.92 Å². The van der Waals surface area contributed by atoms with Gasteiger partial charge in [-0.05, 0) is 30.7 Å². The fourth-order valence-corrected chi connectivity index (χ4v) is 1.96. The molecule has 2 N–H and O–H groups in total. The Bertz CT molecular complexity index is 574. The summed E-state index contributed by atoms with van der Waals surface area (Å²) in [5, 5.41) is 9.82. The molecule has 0 amide bonds. The van der Waals surface area contributed by atoms with E-state index < -0.39 is 11.9 Å². The van der Waals surface area contributed by atoms with Gasteiger partial charge in [0.2, 0.25) is 0 Å². The monoisotopic (exact) mass is 235 g/mol. The fraction of sp³-hybridized carbons (Fsp3) is 0.308. The zero-order valence-electron chi connectivity index (χ0n) is 9.75. The lowest BCUT2D eigenvalue weighted by atomic mass is 10.0. The molecule has 0 fully saturated rings. The lowest BCUT2D eigenvalue weighted by molar-refractivity contribution is -0.141. The minimum Gasteiger partial charge on any atom is -0.481 e. The average Bonchev–Trinajstić information content (AvgIpc) is 2.55. The molecule has 2 rings (SSSR count). The maximum Gasteiger partial charge on any atom is 0.306 e. The lowest BCUT2D eigenvalue weighted by Crippen LogP contribution is -2.12. The van der Waals surface area contributed by atoms with Crippen LogP contribution in [0.4, 0.5) is 4.39 Å². The Morgan fingerprint density at radius 2 is 2.24 bits per heavy atom. The summed E-state index contributed by atoms with van der Waals surface area (Å²) in [5.74, 6) is -1.57. The number of hydrogen-bond acceptors (Lipinski definition) is 1. The third-order valence-corrected chi connectivity index (χ3v) is 3.06. The van der Waals surface area contributed by atoms with E-state index in [9.17, 15) is 9.18 Å². The van der Waals surface area contributed by atoms with Gasteiger partial charge in [0.15, 0.2) is 0 Å². The first-order valence-corrected chi connectivity index (χ1v) is 5.48. The molecular weight excluding hydrogens is 221 g/mol. The molecule has 0 saturated carbocycles. The quantitative estimate of drug-likeness (QED) is 0.859. The molecule has 0 aliphatic carbocycles. The SMILES string of the molecule is Cc1c(CC(C)C(=O)O)[nH]c2cc(F)ccc12. The topological polar surface area (TPSA) is 53.1 Å². The van der Waals surface area contributed by atoms with Crippen LogP contribution in [0.1, 0.15) is 18.2 Å². The van der Waals surface area contributed by atoms with Crippen LogP contribution in [0, 0.1) is 18.7 Å². The molecule has 1 aromatic carbocycles. The molecule has 0 aliphatic rings. The summed E-state index contributed by atoms with van der Waals surface area (Å²) >= 11 is 0. The van der Waals surface area contributed by atoms with Gasteiger partial charge in [-0.3, -0.25) is 4.79 Å². The second-order valence-electron chi connectivity index (χ2n) is 4.36. The van der Waals surface area contributed by atoms with Gasteiger partial charge in [0, 0.05) is 23.0 Å². The second-order valence-corrected chi connectivity index (χ2v) is 4.36. The zero-order chi connectivity index (χ0) is 12.6. The smallest absolute Gasteiger partial charge is 0.306 e. The standard InChI is InChI=1S/C13H14FNO2/c1-7(13(16)17)5-11-8(2)10-4-3-9(14)6-12(10)15-11/h3-4,6-7,15H,5H2,1-2H3,(H,16,17). The molecule has 1 unspecified atom stereocenters. The van der Waals surface area contributed by atoms with E-state index in [-0.39, 0.29) is 5.82 Å². The minimum absolute atomic E-state index is 0.295. The molecule has 1 atom stereocenters. The Labute approximate surface area is 98.3 Å². The Morgan fingerprint density at radius 3 is 2.88 bits per heavy atom. The molecule has 1 heterocycles. The number of aromatic amines is 1. The van der Waals surface area contributed by atoms with Crippen LogP contribution >= 0.6 is 0 Å². The highest BCUT2D eigenvalue weighted by atomic mass is 19.1. The number of halogens is 1. The minimum atomic E-state index is -0.825. The van der Waals surface area contributed by atoms with Crippen molar-refractivity contribution in [2.24, 2.45) is 5.92 Å². The Morgan fingerprint density at radius 1 is 1.53 bits per heavy atom. The van der Waals surface area contributed by atoms with E-state index in [1.54, 1.807) is 13.0 Å². The average molecular weight is 235 g/mol. The maximum atomic E-state index is 13.1. The van der Waals surface area contributed by atoms with E-state index in [1.807, 2.05) is 6.92 Å². The largest absolute Gasteiger partial charge is 0.481 e. The van der Waals surface area contributed by atoms with Gasteiger partial charge >= 0.3 is 5.97 Å². The van der Waals surface area contributed by atoms with E-state index in [0.717, 1.165) is 22.2 Å². The van der Waals surface area contributed by atoms with Crippen molar-refractivity contribution in [1.29, 1.82) is 0 Å². The van der Waals surface area contributed by atoms with Gasteiger partial charge in [-0.2, -0.15) is 0 Å². The molecule has 0 spiro atoms. The molecule has 17 heavy (non-hydrogen) atoms. The number of aromatic nitrogens is 1. The summed E-state index contributed by atoms with van der Waals surface area (Å²) in [6.45, 7) is 3.58. The lowest BCUT2D eigenvalue weighted by Gasteiger charge is -2.04. The molecule has 1 aromatic heterocycles. The summed E-state index contributed by atoms with van der Waals surface area (Å²) in [7, 11) is 0. The molecule has 90 valence electrons. The van der Waals surface area contributed by atoms with E-state index in [1.165, 1.54) is 12.1 Å². The van der Waals surface area contributed by atoms with Crippen LogP contribution in [-0.4, -0.2) is 16.1 Å². The summed E-state index contributed by atoms with van der Waals surface area (Å²) < 4.78 is 13.1. The summed E-state index contributed by atoms with van der Waals surface area (Å²) in [6.07, 6.45) is 0.428. The Hall–Kier alpha value is -1.84. The number of nitrogens with one attached hydrogen (secondary N) is 1. The van der Waals surface area contributed by atoms with Crippen molar-refractivity contribution in [3.63, 3.8) is 0 Å². The van der Waals surface area contributed by atoms with Gasteiger partial charge < -0.3 is 10.1 Å². The number of aliphatic carboxylic acids is 1. The number of carboxylic acids is 1. The van der Waals surface area contributed by atoms with Crippen LogP contribution in [0.3, 0.4) is 0 Å². The molecule has 0 saturated heterocycles. The van der Waals surface area contributed by atoms with Crippen molar-refractivity contribution < 1.29 is 14.3 Å². The molecular formula is C13H14FNO2. The normalized spacial score (nSPS) is 12.9.